The Hall–Kier alpha value is -7.50. The number of hydrogen-bond acceptors (Lipinski definition) is 2. The second-order valence-electron chi connectivity index (χ2n) is 14.0. The van der Waals surface area contributed by atoms with Crippen LogP contribution in [0.3, 0.4) is 0 Å². The summed E-state index contributed by atoms with van der Waals surface area (Å²) in [6, 6.07) is 70.1. The van der Waals surface area contributed by atoms with Gasteiger partial charge in [-0.05, 0) is 75.8 Å². The quantitative estimate of drug-likeness (QED) is 0.129. The maximum atomic E-state index is 7.00. The summed E-state index contributed by atoms with van der Waals surface area (Å²) in [6.07, 6.45) is 1.35. The Kier molecular flexibility index (Phi) is 8.30. The highest BCUT2D eigenvalue weighted by Gasteiger charge is 2.17. The lowest BCUT2D eigenvalue weighted by Crippen LogP contribution is -2.23. The van der Waals surface area contributed by atoms with Crippen LogP contribution in [0.15, 0.2) is 210 Å². The minimum Gasteiger partial charge on any atom is -0.369 e. The second-order valence-corrected chi connectivity index (χ2v) is 14.0. The predicted octanol–water partition coefficient (Wildman–Crippen LogP) is 12.2. The number of nitrogens with two attached hydrogens (primary N) is 1. The number of aromatic nitrogens is 2. The highest BCUT2D eigenvalue weighted by atomic mass is 15.2. The van der Waals surface area contributed by atoms with Crippen molar-refractivity contribution in [3.05, 3.63) is 211 Å². The van der Waals surface area contributed by atoms with E-state index < -0.39 is 6.17 Å². The number of hydrogen-bond donors (Lipinski definition) is 1. The lowest BCUT2D eigenvalue weighted by molar-refractivity contribution is 0.774. The van der Waals surface area contributed by atoms with E-state index in [1.54, 1.807) is 0 Å². The lowest BCUT2D eigenvalue weighted by Gasteiger charge is -2.13. The topological polar surface area (TPSA) is 60.6 Å². The third-order valence-corrected chi connectivity index (χ3v) is 10.7. The summed E-state index contributed by atoms with van der Waals surface area (Å²) < 4.78 is 4.42. The van der Waals surface area contributed by atoms with Crippen molar-refractivity contribution in [1.82, 2.24) is 9.13 Å². The zero-order valence-corrected chi connectivity index (χ0v) is 30.6. The number of nitrogens with zero attached hydrogens (tertiary/aromatic N) is 4. The molecular weight excluding hydrogens is 683 g/mol. The number of rotatable bonds is 7. The zero-order valence-electron chi connectivity index (χ0n) is 30.6. The van der Waals surface area contributed by atoms with E-state index in [1.165, 1.54) is 32.9 Å². The van der Waals surface area contributed by atoms with Gasteiger partial charge in [-0.2, -0.15) is 0 Å². The molecule has 5 heteroatoms. The fourth-order valence-electron chi connectivity index (χ4n) is 7.96. The van der Waals surface area contributed by atoms with Crippen LogP contribution in [0.25, 0.3) is 71.6 Å². The molecule has 1 atom stereocenters. The molecule has 0 aliphatic heterocycles. The van der Waals surface area contributed by atoms with Crippen LogP contribution in [0.2, 0.25) is 0 Å². The molecule has 5 nitrogen and oxygen atoms in total. The minimum absolute atomic E-state index is 0.381. The van der Waals surface area contributed by atoms with Crippen molar-refractivity contribution in [3.8, 4) is 27.9 Å². The summed E-state index contributed by atoms with van der Waals surface area (Å²) in [5, 5.41) is 4.72. The van der Waals surface area contributed by atoms with Gasteiger partial charge in [-0.15, -0.1) is 0 Å². The average molecular weight is 720 g/mol. The van der Waals surface area contributed by atoms with Crippen molar-refractivity contribution in [3.63, 3.8) is 0 Å². The molecule has 266 valence electrons. The van der Waals surface area contributed by atoms with E-state index >= 15 is 0 Å². The molecule has 10 aromatic rings. The molecule has 2 N–H and O–H groups in total. The maximum Gasteiger partial charge on any atom is 0.203 e. The first-order valence-corrected chi connectivity index (χ1v) is 18.9. The fraction of sp³-hybridized carbons (Fsp3) is 0.0196. The first kappa shape index (κ1) is 33.1. The number of fused-ring (bicyclic) bond motifs is 6. The van der Waals surface area contributed by atoms with Crippen molar-refractivity contribution < 1.29 is 0 Å². The van der Waals surface area contributed by atoms with Crippen LogP contribution in [0.5, 0.6) is 0 Å². The van der Waals surface area contributed by atoms with Gasteiger partial charge in [0.2, 0.25) is 5.96 Å². The Balaban J connectivity index is 1.03. The summed E-state index contributed by atoms with van der Waals surface area (Å²) in [5.74, 6) is 0.381. The molecule has 0 spiro atoms. The number of benzene rings is 8. The van der Waals surface area contributed by atoms with E-state index in [9.17, 15) is 0 Å². The van der Waals surface area contributed by atoms with Gasteiger partial charge in [-0.3, -0.25) is 9.56 Å². The third kappa shape index (κ3) is 5.92. The van der Waals surface area contributed by atoms with Crippen LogP contribution >= 0.6 is 0 Å². The molecule has 0 amide bonds. The Morgan fingerprint density at radius 2 is 0.964 bits per heavy atom. The van der Waals surface area contributed by atoms with Crippen LogP contribution < -0.4 is 5.73 Å². The molecule has 0 saturated carbocycles. The largest absolute Gasteiger partial charge is 0.369 e. The normalized spacial score (nSPS) is 12.7. The zero-order chi connectivity index (χ0) is 37.4. The van der Waals surface area contributed by atoms with Crippen LogP contribution in [-0.2, 0) is 0 Å². The minimum atomic E-state index is -0.516. The van der Waals surface area contributed by atoms with Gasteiger partial charge in [0.15, 0.2) is 6.17 Å². The summed E-state index contributed by atoms with van der Waals surface area (Å²) in [4.78, 5) is 9.98. The van der Waals surface area contributed by atoms with Gasteiger partial charge in [-0.25, -0.2) is 4.99 Å². The fourth-order valence-corrected chi connectivity index (χ4v) is 7.96. The van der Waals surface area contributed by atoms with Gasteiger partial charge >= 0.3 is 0 Å². The highest BCUT2D eigenvalue weighted by molar-refractivity contribution is 6.14. The van der Waals surface area contributed by atoms with Crippen LogP contribution in [0.4, 0.5) is 0 Å². The van der Waals surface area contributed by atoms with E-state index in [1.807, 2.05) is 72.9 Å². The Bertz CT molecular complexity index is 3070. The molecule has 0 bridgehead atoms. The van der Waals surface area contributed by atoms with Gasteiger partial charge in [0.1, 0.15) is 0 Å². The molecular formula is C51H37N5. The first-order valence-electron chi connectivity index (χ1n) is 18.9. The SMILES string of the molecule is NC(=NC(N=Cc1ccccc1)c1ccccc1)n1c2ccccc2c2ccc(-c3ccc(-c4ccc5c(c4)c4ccccc4n5-c4ccccc4)cc3)cc21. The van der Waals surface area contributed by atoms with E-state index in [0.717, 1.165) is 49.7 Å². The molecule has 2 heterocycles. The van der Waals surface area contributed by atoms with Crippen LogP contribution in [0, 0.1) is 0 Å². The molecule has 10 rings (SSSR count). The highest BCUT2D eigenvalue weighted by Crippen LogP contribution is 2.37. The lowest BCUT2D eigenvalue weighted by atomic mass is 9.98. The van der Waals surface area contributed by atoms with Crippen LogP contribution in [-0.4, -0.2) is 21.3 Å². The maximum absolute atomic E-state index is 7.00. The number of para-hydroxylation sites is 3. The summed E-state index contributed by atoms with van der Waals surface area (Å²) in [6.45, 7) is 0. The summed E-state index contributed by atoms with van der Waals surface area (Å²) in [5.41, 5.74) is 19.1. The van der Waals surface area contributed by atoms with E-state index in [2.05, 4.69) is 143 Å². The van der Waals surface area contributed by atoms with Gasteiger partial charge in [0.25, 0.3) is 0 Å². The molecule has 1 unspecified atom stereocenters. The monoisotopic (exact) mass is 719 g/mol. The third-order valence-electron chi connectivity index (χ3n) is 10.7. The number of aliphatic imine (C=N–C) groups is 2. The van der Waals surface area contributed by atoms with Crippen LogP contribution in [0.1, 0.15) is 17.3 Å². The summed E-state index contributed by atoms with van der Waals surface area (Å²) >= 11 is 0. The Labute approximate surface area is 325 Å². The van der Waals surface area contributed by atoms with E-state index in [-0.39, 0.29) is 0 Å². The Morgan fingerprint density at radius 3 is 1.68 bits per heavy atom. The van der Waals surface area contributed by atoms with Gasteiger partial charge in [0, 0.05) is 33.4 Å². The average Bonchev–Trinajstić information content (AvgIpc) is 3.78. The van der Waals surface area contributed by atoms with Gasteiger partial charge in [-0.1, -0.05) is 158 Å². The van der Waals surface area contributed by atoms with Crippen molar-refractivity contribution in [2.45, 2.75) is 6.17 Å². The van der Waals surface area contributed by atoms with E-state index in [4.69, 9.17) is 15.7 Å². The van der Waals surface area contributed by atoms with Crippen molar-refractivity contribution >= 4 is 55.8 Å². The van der Waals surface area contributed by atoms with Crippen molar-refractivity contribution in [2.24, 2.45) is 15.7 Å². The van der Waals surface area contributed by atoms with Crippen molar-refractivity contribution in [2.75, 3.05) is 0 Å². The smallest absolute Gasteiger partial charge is 0.203 e. The Morgan fingerprint density at radius 1 is 0.446 bits per heavy atom. The van der Waals surface area contributed by atoms with Gasteiger partial charge in [0.05, 0.1) is 22.1 Å². The van der Waals surface area contributed by atoms with Gasteiger partial charge < -0.3 is 10.3 Å². The van der Waals surface area contributed by atoms with E-state index in [0.29, 0.717) is 5.96 Å². The molecule has 0 aliphatic carbocycles. The standard InChI is InChI=1S/C51H37N5/c52-51(54-50(38-16-6-2-7-17-38)53-34-35-14-4-1-5-15-35)56-47-23-13-10-20-42(47)44-30-28-40(33-49(44)56)37-26-24-36(25-27-37)39-29-31-48-45(32-39)43-21-11-12-22-46(43)55(48)41-18-8-3-9-19-41/h1-34,50H,(H2,52,54). The summed E-state index contributed by atoms with van der Waals surface area (Å²) in [7, 11) is 0. The molecule has 0 saturated heterocycles. The molecule has 0 fully saturated rings. The molecule has 56 heavy (non-hydrogen) atoms. The first-order chi connectivity index (χ1) is 27.7. The molecule has 0 radical (unpaired) electrons. The second kappa shape index (κ2) is 14.0. The molecule has 2 aromatic heterocycles. The predicted molar refractivity (Wildman–Crippen MR) is 235 cm³/mol. The molecule has 8 aromatic carbocycles. The molecule has 0 aliphatic rings. The van der Waals surface area contributed by atoms with Crippen molar-refractivity contribution in [1.29, 1.82) is 0 Å².